The van der Waals surface area contributed by atoms with Gasteiger partial charge in [0.1, 0.15) is 30.8 Å². The summed E-state index contributed by atoms with van der Waals surface area (Å²) in [6.45, 7) is 2.80. The highest BCUT2D eigenvalue weighted by Gasteiger charge is 2.40. The van der Waals surface area contributed by atoms with Gasteiger partial charge < -0.3 is 36.3 Å². The van der Waals surface area contributed by atoms with E-state index < -0.39 is 95.5 Å². The van der Waals surface area contributed by atoms with E-state index >= 15 is 0 Å². The number of aromatic nitrogens is 1. The standard InChI is InChI=1S/C45H52F6N6O6S/c1-26(2)18-36(55-41(60)38-14-9-16-57(38)42(61)35(15-17-64-3)54-39(58)33(52)21-27-10-5-4-6-11-27)40(59)56-37(22-29-24-53-34-13-8-7-12-32(29)34)43(62)63-25-28-19-30(44(46,47)48)23-31(20-28)45(49,50)51/h4-8,10-13,19-20,23-24,26,33,35-38,53H,9,14-18,21-22,25,52H2,1-3H3,(H,54,58)(H,55,60)(H,56,59)/t33-,35-,36-,37-,38-/m0/s1. The summed E-state index contributed by atoms with van der Waals surface area (Å²) in [5.74, 6) is -3.32. The summed E-state index contributed by atoms with van der Waals surface area (Å²) in [7, 11) is 0. The number of nitrogens with two attached hydrogens (primary N) is 1. The maximum absolute atomic E-state index is 14.1. The number of likely N-dealkylation sites (tertiary alicyclic amines) is 1. The molecule has 5 rings (SSSR count). The molecule has 1 aromatic heterocycles. The molecular formula is C45H52F6N6O6S. The van der Waals surface area contributed by atoms with E-state index in [1.165, 1.54) is 16.7 Å². The lowest BCUT2D eigenvalue weighted by Gasteiger charge is -2.31. The maximum Gasteiger partial charge on any atom is 0.416 e. The molecule has 0 aliphatic carbocycles. The van der Waals surface area contributed by atoms with Gasteiger partial charge >= 0.3 is 18.3 Å². The fraction of sp³-hybridized carbons (Fsp3) is 0.444. The molecule has 0 unspecified atom stereocenters. The molecular weight excluding hydrogens is 867 g/mol. The van der Waals surface area contributed by atoms with Crippen molar-refractivity contribution in [3.05, 3.63) is 107 Å². The van der Waals surface area contributed by atoms with Crippen molar-refractivity contribution in [2.45, 2.75) is 102 Å². The molecule has 1 aliphatic heterocycles. The largest absolute Gasteiger partial charge is 0.459 e. The van der Waals surface area contributed by atoms with Crippen molar-refractivity contribution in [1.82, 2.24) is 25.8 Å². The van der Waals surface area contributed by atoms with Crippen LogP contribution in [-0.4, -0.2) is 88.2 Å². The predicted molar refractivity (Wildman–Crippen MR) is 229 cm³/mol. The molecule has 3 aromatic carbocycles. The number of hydrogen-bond donors (Lipinski definition) is 5. The Morgan fingerprint density at radius 1 is 0.828 bits per heavy atom. The monoisotopic (exact) mass is 918 g/mol. The molecule has 1 aliphatic rings. The van der Waals surface area contributed by atoms with E-state index in [9.17, 15) is 50.3 Å². The molecule has 0 spiro atoms. The van der Waals surface area contributed by atoms with Gasteiger partial charge in [0, 0.05) is 30.1 Å². The second-order valence-corrected chi connectivity index (χ2v) is 17.2. The number of carbonyl (C=O) groups is 5. The highest BCUT2D eigenvalue weighted by Crippen LogP contribution is 2.36. The van der Waals surface area contributed by atoms with Gasteiger partial charge in [-0.2, -0.15) is 38.1 Å². The molecule has 2 heterocycles. The van der Waals surface area contributed by atoms with Crippen molar-refractivity contribution in [3.63, 3.8) is 0 Å². The first-order valence-electron chi connectivity index (χ1n) is 20.7. The number of fused-ring (bicyclic) bond motifs is 1. The summed E-state index contributed by atoms with van der Waals surface area (Å²) in [5, 5.41) is 8.81. The first-order valence-corrected chi connectivity index (χ1v) is 22.1. The number of hydrogen-bond acceptors (Lipinski definition) is 8. The van der Waals surface area contributed by atoms with Gasteiger partial charge in [-0.3, -0.25) is 19.2 Å². The zero-order valence-corrected chi connectivity index (χ0v) is 36.3. The van der Waals surface area contributed by atoms with E-state index in [2.05, 4.69) is 20.9 Å². The lowest BCUT2D eigenvalue weighted by molar-refractivity contribution is -0.149. The summed E-state index contributed by atoms with van der Waals surface area (Å²) < 4.78 is 86.8. The molecule has 4 amide bonds. The summed E-state index contributed by atoms with van der Waals surface area (Å²) in [5.41, 5.74) is 4.52. The van der Waals surface area contributed by atoms with Gasteiger partial charge in [-0.15, -0.1) is 0 Å². The van der Waals surface area contributed by atoms with Gasteiger partial charge in [-0.05, 0) is 91.0 Å². The van der Waals surface area contributed by atoms with Crippen molar-refractivity contribution in [2.75, 3.05) is 18.6 Å². The van der Waals surface area contributed by atoms with Crippen LogP contribution in [0.5, 0.6) is 0 Å². The van der Waals surface area contributed by atoms with E-state index in [4.69, 9.17) is 10.5 Å². The number of carbonyl (C=O) groups excluding carboxylic acids is 5. The van der Waals surface area contributed by atoms with Crippen molar-refractivity contribution >= 4 is 52.3 Å². The third-order valence-electron chi connectivity index (χ3n) is 10.8. The zero-order chi connectivity index (χ0) is 46.8. The summed E-state index contributed by atoms with van der Waals surface area (Å²) in [6, 6.07) is 11.3. The smallest absolute Gasteiger partial charge is 0.416 e. The molecule has 346 valence electrons. The number of nitrogens with one attached hydrogen (secondary N) is 4. The minimum Gasteiger partial charge on any atom is -0.459 e. The second-order valence-electron chi connectivity index (χ2n) is 16.2. The average molecular weight is 919 g/mol. The molecule has 12 nitrogen and oxygen atoms in total. The number of thioether (sulfide) groups is 1. The number of benzene rings is 3. The number of rotatable bonds is 19. The SMILES string of the molecule is CSCC[C@H](NC(=O)[C@@H](N)Cc1ccccc1)C(=O)N1CCC[C@H]1C(=O)N[C@@H](CC(C)C)C(=O)N[C@@H](Cc1c[nH]c2ccccc12)C(=O)OCc1cc(C(F)(F)F)cc(C(F)(F)F)c1. The number of esters is 1. The van der Waals surface area contributed by atoms with Crippen LogP contribution >= 0.6 is 11.8 Å². The Kier molecular flexibility index (Phi) is 16.9. The Morgan fingerprint density at radius 2 is 1.47 bits per heavy atom. The van der Waals surface area contributed by atoms with Crippen molar-refractivity contribution in [2.24, 2.45) is 11.7 Å². The Labute approximate surface area is 370 Å². The lowest BCUT2D eigenvalue weighted by atomic mass is 10.0. The number of amides is 4. The molecule has 0 saturated carbocycles. The molecule has 1 saturated heterocycles. The Balaban J connectivity index is 1.33. The molecule has 0 bridgehead atoms. The van der Waals surface area contributed by atoms with E-state index in [0.29, 0.717) is 40.8 Å². The van der Waals surface area contributed by atoms with Crippen molar-refractivity contribution in [1.29, 1.82) is 0 Å². The number of alkyl halides is 6. The fourth-order valence-corrected chi connectivity index (χ4v) is 8.02. The maximum atomic E-state index is 14.1. The van der Waals surface area contributed by atoms with Crippen molar-refractivity contribution < 1.29 is 55.1 Å². The topological polar surface area (TPSA) is 176 Å². The first kappa shape index (κ1) is 49.5. The quantitative estimate of drug-likeness (QED) is 0.0538. The normalized spacial score (nSPS) is 16.2. The minimum absolute atomic E-state index is 0.0405. The minimum atomic E-state index is -5.13. The van der Waals surface area contributed by atoms with Crippen LogP contribution in [0.4, 0.5) is 26.3 Å². The van der Waals surface area contributed by atoms with Crippen LogP contribution in [0.2, 0.25) is 0 Å². The lowest BCUT2D eigenvalue weighted by Crippen LogP contribution is -2.58. The summed E-state index contributed by atoms with van der Waals surface area (Å²) >= 11 is 1.47. The van der Waals surface area contributed by atoms with Crippen LogP contribution in [0.15, 0.2) is 79.0 Å². The van der Waals surface area contributed by atoms with E-state index in [-0.39, 0.29) is 50.6 Å². The highest BCUT2D eigenvalue weighted by atomic mass is 32.2. The Morgan fingerprint density at radius 3 is 2.11 bits per heavy atom. The van der Waals surface area contributed by atoms with Crippen LogP contribution in [0.3, 0.4) is 0 Å². The summed E-state index contributed by atoms with van der Waals surface area (Å²) in [6.07, 6.45) is -5.75. The van der Waals surface area contributed by atoms with E-state index in [1.807, 2.05) is 36.6 Å². The number of ether oxygens (including phenoxy) is 1. The van der Waals surface area contributed by atoms with E-state index in [1.54, 1.807) is 44.3 Å². The molecule has 1 fully saturated rings. The van der Waals surface area contributed by atoms with Crippen LogP contribution in [0, 0.1) is 5.92 Å². The molecule has 64 heavy (non-hydrogen) atoms. The van der Waals surface area contributed by atoms with Crippen molar-refractivity contribution in [3.8, 4) is 0 Å². The van der Waals surface area contributed by atoms with Crippen LogP contribution in [-0.2, 0) is 60.5 Å². The molecule has 0 radical (unpaired) electrons. The third-order valence-corrected chi connectivity index (χ3v) is 11.4. The number of halogens is 6. The fourth-order valence-electron chi connectivity index (χ4n) is 7.55. The van der Waals surface area contributed by atoms with Gasteiger partial charge in [0.05, 0.1) is 17.2 Å². The molecule has 19 heteroatoms. The zero-order valence-electron chi connectivity index (χ0n) is 35.5. The van der Waals surface area contributed by atoms with Crippen LogP contribution < -0.4 is 21.7 Å². The number of aromatic amines is 1. The first-order chi connectivity index (χ1) is 30.2. The number of para-hydroxylation sites is 1. The third kappa shape index (κ3) is 13.5. The van der Waals surface area contributed by atoms with Crippen LogP contribution in [0.1, 0.15) is 67.3 Å². The predicted octanol–water partition coefficient (Wildman–Crippen LogP) is 6.31. The van der Waals surface area contributed by atoms with Gasteiger partial charge in [0.25, 0.3) is 0 Å². The van der Waals surface area contributed by atoms with Gasteiger partial charge in [-0.1, -0.05) is 62.4 Å². The molecule has 5 atom stereocenters. The summed E-state index contributed by atoms with van der Waals surface area (Å²) in [4.78, 5) is 73.7. The van der Waals surface area contributed by atoms with Crippen LogP contribution in [0.25, 0.3) is 10.9 Å². The average Bonchev–Trinajstić information content (AvgIpc) is 3.91. The Bertz CT molecular complexity index is 2220. The van der Waals surface area contributed by atoms with Gasteiger partial charge in [-0.25, -0.2) is 4.79 Å². The molecule has 4 aromatic rings. The van der Waals surface area contributed by atoms with Gasteiger partial charge in [0.15, 0.2) is 0 Å². The Hall–Kier alpha value is -5.56. The highest BCUT2D eigenvalue weighted by molar-refractivity contribution is 7.98. The second kappa shape index (κ2) is 21.9. The number of H-pyrrole nitrogens is 1. The van der Waals surface area contributed by atoms with Gasteiger partial charge in [0.2, 0.25) is 23.6 Å². The number of nitrogens with zero attached hydrogens (tertiary/aromatic N) is 1. The van der Waals surface area contributed by atoms with E-state index in [0.717, 1.165) is 5.56 Å². The molecule has 6 N–H and O–H groups in total.